The molecular weight excluding hydrogens is 519 g/mol. The third-order valence-electron chi connectivity index (χ3n) is 6.38. The van der Waals surface area contributed by atoms with Crippen LogP contribution in [0.3, 0.4) is 0 Å². The molecule has 0 N–H and O–H groups in total. The van der Waals surface area contributed by atoms with Gasteiger partial charge in [0.05, 0.1) is 24.2 Å². The van der Waals surface area contributed by atoms with Crippen molar-refractivity contribution in [2.75, 3.05) is 38.5 Å². The van der Waals surface area contributed by atoms with E-state index in [1.807, 2.05) is 6.07 Å². The fourth-order valence-corrected chi connectivity index (χ4v) is 5.29. The van der Waals surface area contributed by atoms with Crippen LogP contribution in [0.1, 0.15) is 37.5 Å². The van der Waals surface area contributed by atoms with Gasteiger partial charge in [0.1, 0.15) is 12.0 Å². The van der Waals surface area contributed by atoms with E-state index in [2.05, 4.69) is 9.88 Å². The van der Waals surface area contributed by atoms with E-state index < -0.39 is 11.7 Å². The molecule has 0 atom stereocenters. The Bertz CT molecular complexity index is 1310. The summed E-state index contributed by atoms with van der Waals surface area (Å²) in [7, 11) is 0. The highest BCUT2D eigenvalue weighted by Gasteiger charge is 2.30. The first-order valence-electron chi connectivity index (χ1n) is 12.5. The Balaban J connectivity index is 1.16. The monoisotopic (exact) mass is 549 g/mol. The lowest BCUT2D eigenvalue weighted by molar-refractivity contribution is -0.137. The minimum absolute atomic E-state index is 0.0739. The van der Waals surface area contributed by atoms with Gasteiger partial charge in [-0.2, -0.15) is 13.2 Å². The molecule has 38 heavy (non-hydrogen) atoms. The zero-order valence-corrected chi connectivity index (χ0v) is 21.9. The molecule has 0 saturated carbocycles. The lowest BCUT2D eigenvalue weighted by Gasteiger charge is -2.33. The fraction of sp³-hybridized carbons (Fsp3) is 0.444. The second kappa shape index (κ2) is 12.7. The number of benzene rings is 1. The number of halogens is 3. The molecule has 4 rings (SSSR count). The van der Waals surface area contributed by atoms with Crippen LogP contribution in [-0.2, 0) is 17.5 Å². The summed E-state index contributed by atoms with van der Waals surface area (Å²) in [4.78, 5) is 32.8. The predicted molar refractivity (Wildman–Crippen MR) is 139 cm³/mol. The van der Waals surface area contributed by atoms with E-state index in [0.717, 1.165) is 55.1 Å². The fourth-order valence-electron chi connectivity index (χ4n) is 4.24. The maximum absolute atomic E-state index is 13.0. The number of amides is 1. The summed E-state index contributed by atoms with van der Waals surface area (Å²) in [6, 6.07) is 6.92. The molecule has 0 aliphatic carbocycles. The third-order valence-corrected chi connectivity index (χ3v) is 7.54. The van der Waals surface area contributed by atoms with E-state index in [0.29, 0.717) is 42.9 Å². The molecule has 1 amide bonds. The quantitative estimate of drug-likeness (QED) is 0.254. The van der Waals surface area contributed by atoms with Gasteiger partial charge in [-0.1, -0.05) is 6.07 Å². The normalized spacial score (nSPS) is 14.7. The average Bonchev–Trinajstić information content (AvgIpc) is 2.88. The van der Waals surface area contributed by atoms with Crippen LogP contribution in [0, 0.1) is 0 Å². The molecular formula is C27H30F3N3O4S. The van der Waals surface area contributed by atoms with Gasteiger partial charge in [0.2, 0.25) is 17.1 Å². The molecule has 1 fully saturated rings. The Morgan fingerprint density at radius 1 is 1.11 bits per heavy atom. The highest BCUT2D eigenvalue weighted by atomic mass is 32.2. The van der Waals surface area contributed by atoms with Crippen LogP contribution < -0.4 is 10.2 Å². The van der Waals surface area contributed by atoms with Gasteiger partial charge < -0.3 is 14.1 Å². The number of hydrogen-bond donors (Lipinski definition) is 0. The molecule has 3 heterocycles. The SMILES string of the molecule is CC(=O)N1CCN(Cc2cc(=O)c(OCCCCCSc3ccnc4cc(C(F)(F)F)ccc34)co2)CC1. The summed E-state index contributed by atoms with van der Waals surface area (Å²) in [6.07, 6.45) is 1.03. The number of piperazine rings is 1. The van der Waals surface area contributed by atoms with E-state index in [9.17, 15) is 22.8 Å². The maximum Gasteiger partial charge on any atom is 0.416 e. The molecule has 204 valence electrons. The standard InChI is InChI=1S/C27H30F3N3O4S/c1-19(34)33-11-9-32(10-12-33)17-21-16-24(35)25(18-37-21)36-13-3-2-4-14-38-26-7-8-31-23-15-20(27(28,29)30)5-6-22(23)26/h5-8,15-16,18H,2-4,9-14,17H2,1H3. The van der Waals surface area contributed by atoms with Gasteiger partial charge in [0.15, 0.2) is 0 Å². The number of aromatic nitrogens is 1. The Hall–Kier alpha value is -3.05. The molecule has 0 unspecified atom stereocenters. The molecule has 1 aliphatic heterocycles. The number of carbonyl (C=O) groups excluding carboxylic acids is 1. The molecule has 3 aromatic rings. The van der Waals surface area contributed by atoms with E-state index in [1.165, 1.54) is 24.6 Å². The van der Waals surface area contributed by atoms with Crippen LogP contribution >= 0.6 is 11.8 Å². The van der Waals surface area contributed by atoms with Crippen molar-refractivity contribution in [3.63, 3.8) is 0 Å². The number of fused-ring (bicyclic) bond motifs is 1. The Kier molecular flexibility index (Phi) is 9.32. The number of pyridine rings is 1. The number of hydrogen-bond acceptors (Lipinski definition) is 7. The van der Waals surface area contributed by atoms with Crippen molar-refractivity contribution in [1.82, 2.24) is 14.8 Å². The summed E-state index contributed by atoms with van der Waals surface area (Å²) in [6.45, 7) is 5.27. The van der Waals surface area contributed by atoms with Crippen LogP contribution in [0.15, 0.2) is 56.9 Å². The van der Waals surface area contributed by atoms with Crippen LogP contribution in [0.25, 0.3) is 10.9 Å². The van der Waals surface area contributed by atoms with E-state index >= 15 is 0 Å². The zero-order valence-electron chi connectivity index (χ0n) is 21.1. The van der Waals surface area contributed by atoms with Crippen molar-refractivity contribution < 1.29 is 27.1 Å². The van der Waals surface area contributed by atoms with Gasteiger partial charge in [0, 0.05) is 55.6 Å². The summed E-state index contributed by atoms with van der Waals surface area (Å²) >= 11 is 1.59. The predicted octanol–water partition coefficient (Wildman–Crippen LogP) is 5.21. The van der Waals surface area contributed by atoms with Gasteiger partial charge in [-0.3, -0.25) is 19.5 Å². The number of thioether (sulfide) groups is 1. The van der Waals surface area contributed by atoms with Crippen molar-refractivity contribution in [3.8, 4) is 5.75 Å². The number of rotatable bonds is 10. The highest BCUT2D eigenvalue weighted by molar-refractivity contribution is 7.99. The van der Waals surface area contributed by atoms with E-state index in [4.69, 9.17) is 9.15 Å². The molecule has 0 bridgehead atoms. The van der Waals surface area contributed by atoms with Crippen molar-refractivity contribution in [2.45, 2.75) is 43.8 Å². The second-order valence-corrected chi connectivity index (χ2v) is 10.3. The second-order valence-electron chi connectivity index (χ2n) is 9.15. The van der Waals surface area contributed by atoms with Gasteiger partial charge >= 0.3 is 6.18 Å². The van der Waals surface area contributed by atoms with Crippen molar-refractivity contribution in [1.29, 1.82) is 0 Å². The molecule has 0 spiro atoms. The maximum atomic E-state index is 13.0. The van der Waals surface area contributed by atoms with Crippen molar-refractivity contribution >= 4 is 28.6 Å². The minimum atomic E-state index is -4.39. The topological polar surface area (TPSA) is 75.9 Å². The van der Waals surface area contributed by atoms with Crippen LogP contribution in [0.4, 0.5) is 13.2 Å². The Morgan fingerprint density at radius 2 is 1.89 bits per heavy atom. The van der Waals surface area contributed by atoms with Gasteiger partial charge in [-0.05, 0) is 43.2 Å². The molecule has 1 saturated heterocycles. The molecule has 1 aromatic carbocycles. The van der Waals surface area contributed by atoms with Crippen LogP contribution in [-0.4, -0.2) is 59.2 Å². The lowest BCUT2D eigenvalue weighted by Crippen LogP contribution is -2.47. The smallest absolute Gasteiger partial charge is 0.416 e. The number of ether oxygens (including phenoxy) is 1. The van der Waals surface area contributed by atoms with Crippen molar-refractivity contribution in [3.05, 3.63) is 64.3 Å². The molecule has 0 radical (unpaired) electrons. The number of unbranched alkanes of at least 4 members (excludes halogenated alkanes) is 2. The Morgan fingerprint density at radius 3 is 2.61 bits per heavy atom. The van der Waals surface area contributed by atoms with Gasteiger partial charge in [-0.15, -0.1) is 11.8 Å². The molecule has 1 aliphatic rings. The summed E-state index contributed by atoms with van der Waals surface area (Å²) < 4.78 is 50.1. The molecule has 2 aromatic heterocycles. The van der Waals surface area contributed by atoms with E-state index in [-0.39, 0.29) is 17.1 Å². The number of nitrogens with zero attached hydrogens (tertiary/aromatic N) is 3. The first-order chi connectivity index (χ1) is 18.2. The molecule has 11 heteroatoms. The van der Waals surface area contributed by atoms with Crippen LogP contribution in [0.2, 0.25) is 0 Å². The Labute approximate surface area is 223 Å². The first kappa shape index (κ1) is 28.0. The minimum Gasteiger partial charge on any atom is -0.487 e. The zero-order chi connectivity index (χ0) is 27.1. The number of alkyl halides is 3. The van der Waals surface area contributed by atoms with Gasteiger partial charge in [-0.25, -0.2) is 0 Å². The van der Waals surface area contributed by atoms with E-state index in [1.54, 1.807) is 23.6 Å². The third kappa shape index (κ3) is 7.50. The lowest BCUT2D eigenvalue weighted by atomic mass is 10.1. The average molecular weight is 550 g/mol. The van der Waals surface area contributed by atoms with Crippen LogP contribution in [0.5, 0.6) is 5.75 Å². The molecule has 7 nitrogen and oxygen atoms in total. The van der Waals surface area contributed by atoms with Crippen molar-refractivity contribution in [2.24, 2.45) is 0 Å². The number of carbonyl (C=O) groups is 1. The summed E-state index contributed by atoms with van der Waals surface area (Å²) in [5.74, 6) is 1.63. The van der Waals surface area contributed by atoms with Gasteiger partial charge in [0.25, 0.3) is 0 Å². The summed E-state index contributed by atoms with van der Waals surface area (Å²) in [5, 5.41) is 0.710. The first-order valence-corrected chi connectivity index (χ1v) is 13.5. The largest absolute Gasteiger partial charge is 0.487 e. The summed E-state index contributed by atoms with van der Waals surface area (Å²) in [5.41, 5.74) is -0.589. The highest BCUT2D eigenvalue weighted by Crippen LogP contribution is 2.34.